The lowest BCUT2D eigenvalue weighted by atomic mass is 9.84. The van der Waals surface area contributed by atoms with Crippen LogP contribution in [0.2, 0.25) is 0 Å². The second kappa shape index (κ2) is 7.10. The molecule has 104 valence electrons. The molecule has 2 saturated heterocycles. The van der Waals surface area contributed by atoms with Crippen LogP contribution >= 0.6 is 0 Å². The second-order valence-electron chi connectivity index (χ2n) is 5.72. The molecule has 0 bridgehead atoms. The summed E-state index contributed by atoms with van der Waals surface area (Å²) in [6.45, 7) is 6.01. The Morgan fingerprint density at radius 1 is 1.28 bits per heavy atom. The van der Waals surface area contributed by atoms with Crippen LogP contribution in [0.3, 0.4) is 0 Å². The SMILES string of the molecule is CC(CC(=O)NC1CCOCC1)C1CCNCC1. The molecule has 2 aliphatic heterocycles. The first kappa shape index (κ1) is 13.8. The number of rotatable bonds is 4. The number of piperidine rings is 1. The average molecular weight is 254 g/mol. The summed E-state index contributed by atoms with van der Waals surface area (Å²) in [6.07, 6.45) is 5.04. The van der Waals surface area contributed by atoms with E-state index in [1.54, 1.807) is 0 Å². The summed E-state index contributed by atoms with van der Waals surface area (Å²) in [5.74, 6) is 1.45. The Bertz CT molecular complexity index is 259. The number of carbonyl (C=O) groups is 1. The first-order valence-corrected chi connectivity index (χ1v) is 7.33. The Labute approximate surface area is 110 Å². The Hall–Kier alpha value is -0.610. The molecule has 0 aromatic rings. The van der Waals surface area contributed by atoms with Crippen molar-refractivity contribution in [3.63, 3.8) is 0 Å². The van der Waals surface area contributed by atoms with E-state index in [1.807, 2.05) is 0 Å². The zero-order valence-corrected chi connectivity index (χ0v) is 11.4. The summed E-state index contributed by atoms with van der Waals surface area (Å²) in [5.41, 5.74) is 0. The fourth-order valence-electron chi connectivity index (χ4n) is 3.00. The van der Waals surface area contributed by atoms with E-state index in [0.717, 1.165) is 39.1 Å². The summed E-state index contributed by atoms with van der Waals surface area (Å²) in [6, 6.07) is 0.339. The monoisotopic (exact) mass is 254 g/mol. The fourth-order valence-corrected chi connectivity index (χ4v) is 3.00. The van der Waals surface area contributed by atoms with Crippen molar-refractivity contribution < 1.29 is 9.53 Å². The second-order valence-corrected chi connectivity index (χ2v) is 5.72. The molecule has 2 N–H and O–H groups in total. The van der Waals surface area contributed by atoms with Crippen molar-refractivity contribution in [1.29, 1.82) is 0 Å². The van der Waals surface area contributed by atoms with Crippen LogP contribution < -0.4 is 10.6 Å². The van der Waals surface area contributed by atoms with Crippen LogP contribution in [0.5, 0.6) is 0 Å². The van der Waals surface area contributed by atoms with Crippen LogP contribution in [0.25, 0.3) is 0 Å². The van der Waals surface area contributed by atoms with Gasteiger partial charge in [-0.25, -0.2) is 0 Å². The summed E-state index contributed by atoms with van der Waals surface area (Å²) < 4.78 is 5.30. The normalized spacial score (nSPS) is 24.7. The fraction of sp³-hybridized carbons (Fsp3) is 0.929. The van der Waals surface area contributed by atoms with Crippen LogP contribution in [0.4, 0.5) is 0 Å². The first-order chi connectivity index (χ1) is 8.75. The predicted octanol–water partition coefficient (Wildman–Crippen LogP) is 1.31. The Morgan fingerprint density at radius 3 is 2.61 bits per heavy atom. The Balaban J connectivity index is 1.68. The highest BCUT2D eigenvalue weighted by Gasteiger charge is 2.23. The average Bonchev–Trinajstić information content (AvgIpc) is 2.40. The molecular formula is C14H26N2O2. The number of nitrogens with one attached hydrogen (secondary N) is 2. The van der Waals surface area contributed by atoms with Crippen molar-refractivity contribution in [2.24, 2.45) is 11.8 Å². The van der Waals surface area contributed by atoms with Crippen LogP contribution in [0, 0.1) is 11.8 Å². The molecule has 0 aromatic carbocycles. The van der Waals surface area contributed by atoms with Gasteiger partial charge in [0, 0.05) is 25.7 Å². The summed E-state index contributed by atoms with van der Waals surface area (Å²) >= 11 is 0. The van der Waals surface area contributed by atoms with Gasteiger partial charge in [-0.15, -0.1) is 0 Å². The van der Waals surface area contributed by atoms with Crippen LogP contribution in [0.1, 0.15) is 39.0 Å². The minimum absolute atomic E-state index is 0.230. The van der Waals surface area contributed by atoms with E-state index in [2.05, 4.69) is 17.6 Å². The zero-order chi connectivity index (χ0) is 12.8. The zero-order valence-electron chi connectivity index (χ0n) is 11.4. The highest BCUT2D eigenvalue weighted by molar-refractivity contribution is 5.76. The number of amides is 1. The smallest absolute Gasteiger partial charge is 0.220 e. The lowest BCUT2D eigenvalue weighted by Gasteiger charge is -2.29. The van der Waals surface area contributed by atoms with Crippen molar-refractivity contribution in [2.75, 3.05) is 26.3 Å². The Kier molecular flexibility index (Phi) is 5.45. The quantitative estimate of drug-likeness (QED) is 0.795. The van der Waals surface area contributed by atoms with E-state index >= 15 is 0 Å². The van der Waals surface area contributed by atoms with Gasteiger partial charge < -0.3 is 15.4 Å². The molecule has 0 aliphatic carbocycles. The molecule has 0 saturated carbocycles. The summed E-state index contributed by atoms with van der Waals surface area (Å²) in [4.78, 5) is 12.0. The van der Waals surface area contributed by atoms with Gasteiger partial charge in [0.2, 0.25) is 5.91 Å². The third-order valence-corrected chi connectivity index (χ3v) is 4.28. The van der Waals surface area contributed by atoms with Crippen molar-refractivity contribution in [3.8, 4) is 0 Å². The highest BCUT2D eigenvalue weighted by Crippen LogP contribution is 2.24. The van der Waals surface area contributed by atoms with Crippen LogP contribution in [-0.4, -0.2) is 38.3 Å². The summed E-state index contributed by atoms with van der Waals surface area (Å²) in [5, 5.41) is 6.53. The predicted molar refractivity (Wildman–Crippen MR) is 71.4 cm³/mol. The van der Waals surface area contributed by atoms with Crippen LogP contribution in [-0.2, 0) is 9.53 Å². The lowest BCUT2D eigenvalue weighted by Crippen LogP contribution is -2.40. The van der Waals surface area contributed by atoms with Gasteiger partial charge in [0.1, 0.15) is 0 Å². The lowest BCUT2D eigenvalue weighted by molar-refractivity contribution is -0.123. The maximum atomic E-state index is 12.0. The van der Waals surface area contributed by atoms with Crippen molar-refractivity contribution in [2.45, 2.75) is 45.1 Å². The van der Waals surface area contributed by atoms with Crippen molar-refractivity contribution in [3.05, 3.63) is 0 Å². The van der Waals surface area contributed by atoms with Gasteiger partial charge in [-0.05, 0) is 50.6 Å². The van der Waals surface area contributed by atoms with Gasteiger partial charge in [0.15, 0.2) is 0 Å². The number of hydrogen-bond donors (Lipinski definition) is 2. The van der Waals surface area contributed by atoms with Crippen molar-refractivity contribution in [1.82, 2.24) is 10.6 Å². The number of ether oxygens (including phenoxy) is 1. The third kappa shape index (κ3) is 4.25. The van der Waals surface area contributed by atoms with E-state index < -0.39 is 0 Å². The van der Waals surface area contributed by atoms with Gasteiger partial charge >= 0.3 is 0 Å². The molecule has 4 nitrogen and oxygen atoms in total. The topological polar surface area (TPSA) is 50.4 Å². The van der Waals surface area contributed by atoms with E-state index in [-0.39, 0.29) is 5.91 Å². The minimum Gasteiger partial charge on any atom is -0.381 e. The van der Waals surface area contributed by atoms with Crippen LogP contribution in [0.15, 0.2) is 0 Å². The molecule has 0 aromatic heterocycles. The number of hydrogen-bond acceptors (Lipinski definition) is 3. The van der Waals surface area contributed by atoms with Gasteiger partial charge in [0.25, 0.3) is 0 Å². The first-order valence-electron chi connectivity index (χ1n) is 7.33. The molecule has 2 heterocycles. The molecule has 1 unspecified atom stereocenters. The molecule has 4 heteroatoms. The van der Waals surface area contributed by atoms with E-state index in [0.29, 0.717) is 24.3 Å². The molecular weight excluding hydrogens is 228 g/mol. The molecule has 0 radical (unpaired) electrons. The van der Waals surface area contributed by atoms with Gasteiger partial charge in [0.05, 0.1) is 0 Å². The van der Waals surface area contributed by atoms with E-state index in [1.165, 1.54) is 12.8 Å². The largest absolute Gasteiger partial charge is 0.381 e. The third-order valence-electron chi connectivity index (χ3n) is 4.28. The molecule has 2 fully saturated rings. The van der Waals surface area contributed by atoms with E-state index in [4.69, 9.17) is 4.74 Å². The highest BCUT2D eigenvalue weighted by atomic mass is 16.5. The van der Waals surface area contributed by atoms with E-state index in [9.17, 15) is 4.79 Å². The van der Waals surface area contributed by atoms with Gasteiger partial charge in [-0.1, -0.05) is 6.92 Å². The maximum absolute atomic E-state index is 12.0. The number of carbonyl (C=O) groups excluding carboxylic acids is 1. The van der Waals surface area contributed by atoms with Crippen molar-refractivity contribution >= 4 is 5.91 Å². The van der Waals surface area contributed by atoms with Gasteiger partial charge in [-0.3, -0.25) is 4.79 Å². The Morgan fingerprint density at radius 2 is 1.94 bits per heavy atom. The maximum Gasteiger partial charge on any atom is 0.220 e. The molecule has 2 rings (SSSR count). The molecule has 1 amide bonds. The molecule has 2 aliphatic rings. The summed E-state index contributed by atoms with van der Waals surface area (Å²) in [7, 11) is 0. The minimum atomic E-state index is 0.230. The van der Waals surface area contributed by atoms with Gasteiger partial charge in [-0.2, -0.15) is 0 Å². The molecule has 1 atom stereocenters. The standard InChI is InChI=1S/C14H26N2O2/c1-11(12-2-6-15-7-3-12)10-14(17)16-13-4-8-18-9-5-13/h11-13,15H,2-10H2,1H3,(H,16,17). The molecule has 18 heavy (non-hydrogen) atoms. The molecule has 0 spiro atoms.